The summed E-state index contributed by atoms with van der Waals surface area (Å²) >= 11 is 0. The SMILES string of the molecule is CC/C=C(\CCC)c1cc(-c2c(C)noc2C)cc2[nH]c(C3CC3)nc12.CCCC(O)(CCC)c1cc(-c2c(C)noc2C)cc2[nH]c(C3CC3)nc12. The van der Waals surface area contributed by atoms with Crippen LogP contribution in [0.4, 0.5) is 0 Å². The second-order valence-corrected chi connectivity index (χ2v) is 15.5. The summed E-state index contributed by atoms with van der Waals surface area (Å²) in [4.78, 5) is 17.0. The molecule has 2 aliphatic carbocycles. The summed E-state index contributed by atoms with van der Waals surface area (Å²) in [5, 5.41) is 19.9. The highest BCUT2D eigenvalue weighted by Crippen LogP contribution is 2.44. The number of nitrogens with one attached hydrogen (secondary N) is 2. The number of benzene rings is 2. The van der Waals surface area contributed by atoms with Gasteiger partial charge in [-0.25, -0.2) is 9.97 Å². The van der Waals surface area contributed by atoms with E-state index in [-0.39, 0.29) is 0 Å². The minimum Gasteiger partial charge on any atom is -0.385 e. The third kappa shape index (κ3) is 7.37. The molecule has 53 heavy (non-hydrogen) atoms. The number of hydrogen-bond acceptors (Lipinski definition) is 7. The van der Waals surface area contributed by atoms with Crippen LogP contribution in [0.3, 0.4) is 0 Å². The monoisotopic (exact) mass is 716 g/mol. The molecule has 280 valence electrons. The minimum atomic E-state index is -0.868. The number of imidazole rings is 2. The van der Waals surface area contributed by atoms with Gasteiger partial charge < -0.3 is 24.1 Å². The summed E-state index contributed by atoms with van der Waals surface area (Å²) in [6.07, 6.45) is 13.8. The summed E-state index contributed by atoms with van der Waals surface area (Å²) in [6, 6.07) is 8.73. The first-order valence-electron chi connectivity index (χ1n) is 19.9. The number of rotatable bonds is 13. The predicted octanol–water partition coefficient (Wildman–Crippen LogP) is 11.8. The molecule has 0 unspecified atom stereocenters. The molecule has 8 rings (SSSR count). The quantitative estimate of drug-likeness (QED) is 0.108. The van der Waals surface area contributed by atoms with Gasteiger partial charge in [0.25, 0.3) is 0 Å². The zero-order valence-electron chi connectivity index (χ0n) is 32.9. The van der Waals surface area contributed by atoms with Crippen LogP contribution in [0.5, 0.6) is 0 Å². The number of aromatic nitrogens is 6. The fourth-order valence-electron chi connectivity index (χ4n) is 8.14. The Morgan fingerprint density at radius 3 is 1.70 bits per heavy atom. The maximum absolute atomic E-state index is 11.6. The molecule has 0 amide bonds. The van der Waals surface area contributed by atoms with Gasteiger partial charge in [0.1, 0.15) is 23.2 Å². The molecule has 3 N–H and O–H groups in total. The van der Waals surface area contributed by atoms with Crippen LogP contribution in [0.15, 0.2) is 39.4 Å². The number of aromatic amines is 2. The molecule has 4 heterocycles. The van der Waals surface area contributed by atoms with Crippen LogP contribution in [0.1, 0.15) is 156 Å². The van der Waals surface area contributed by atoms with Gasteiger partial charge in [0.2, 0.25) is 0 Å². The lowest BCUT2D eigenvalue weighted by Gasteiger charge is -2.29. The van der Waals surface area contributed by atoms with Crippen molar-refractivity contribution in [1.29, 1.82) is 0 Å². The molecular formula is C44H56N6O3. The molecule has 0 spiro atoms. The molecule has 0 bridgehead atoms. The van der Waals surface area contributed by atoms with Crippen molar-refractivity contribution in [3.8, 4) is 22.3 Å². The van der Waals surface area contributed by atoms with Gasteiger partial charge in [-0.3, -0.25) is 0 Å². The Morgan fingerprint density at radius 2 is 1.25 bits per heavy atom. The van der Waals surface area contributed by atoms with Crippen LogP contribution in [0.2, 0.25) is 0 Å². The maximum Gasteiger partial charge on any atom is 0.141 e. The molecule has 2 aromatic carbocycles. The molecule has 0 radical (unpaired) electrons. The third-order valence-electron chi connectivity index (χ3n) is 10.9. The number of H-pyrrole nitrogens is 2. The van der Waals surface area contributed by atoms with Crippen molar-refractivity contribution in [3.05, 3.63) is 76.0 Å². The van der Waals surface area contributed by atoms with E-state index in [9.17, 15) is 5.11 Å². The zero-order valence-corrected chi connectivity index (χ0v) is 32.9. The van der Waals surface area contributed by atoms with Crippen molar-refractivity contribution in [3.63, 3.8) is 0 Å². The fraction of sp³-hybridized carbons (Fsp3) is 0.500. The fourth-order valence-corrected chi connectivity index (χ4v) is 8.14. The molecular weight excluding hydrogens is 661 g/mol. The van der Waals surface area contributed by atoms with Gasteiger partial charge in [0.15, 0.2) is 0 Å². The number of aryl methyl sites for hydroxylation is 4. The van der Waals surface area contributed by atoms with E-state index >= 15 is 0 Å². The number of hydrogen-bond donors (Lipinski definition) is 3. The molecule has 2 aliphatic rings. The average Bonchev–Trinajstić information content (AvgIpc) is 4.02. The van der Waals surface area contributed by atoms with E-state index < -0.39 is 5.60 Å². The van der Waals surface area contributed by atoms with Gasteiger partial charge in [0.05, 0.1) is 39.1 Å². The van der Waals surface area contributed by atoms with Crippen molar-refractivity contribution in [2.45, 2.75) is 143 Å². The molecule has 0 atom stereocenters. The number of aliphatic hydroxyl groups is 1. The Kier molecular flexibility index (Phi) is 10.5. The third-order valence-corrected chi connectivity index (χ3v) is 10.9. The van der Waals surface area contributed by atoms with Gasteiger partial charge in [-0.2, -0.15) is 0 Å². The molecule has 0 aliphatic heterocycles. The maximum atomic E-state index is 11.6. The van der Waals surface area contributed by atoms with Crippen LogP contribution >= 0.6 is 0 Å². The molecule has 6 aromatic rings. The Labute approximate surface area is 313 Å². The predicted molar refractivity (Wildman–Crippen MR) is 213 cm³/mol. The minimum absolute atomic E-state index is 0.540. The Hall–Kier alpha value is -4.50. The van der Waals surface area contributed by atoms with Crippen molar-refractivity contribution in [2.75, 3.05) is 0 Å². The smallest absolute Gasteiger partial charge is 0.141 e. The van der Waals surface area contributed by atoms with E-state index in [1.165, 1.54) is 36.8 Å². The van der Waals surface area contributed by atoms with E-state index in [1.807, 2.05) is 27.7 Å². The Balaban J connectivity index is 0.000000164. The molecule has 2 saturated carbocycles. The highest BCUT2D eigenvalue weighted by Gasteiger charge is 2.34. The summed E-state index contributed by atoms with van der Waals surface area (Å²) in [5.74, 6) is 5.02. The summed E-state index contributed by atoms with van der Waals surface area (Å²) in [5.41, 5.74) is 13.0. The van der Waals surface area contributed by atoms with Crippen molar-refractivity contribution in [2.24, 2.45) is 0 Å². The Bertz CT molecular complexity index is 2210. The van der Waals surface area contributed by atoms with Crippen LogP contribution in [-0.2, 0) is 5.60 Å². The largest absolute Gasteiger partial charge is 0.385 e. The van der Waals surface area contributed by atoms with Crippen molar-refractivity contribution >= 4 is 27.6 Å². The first-order chi connectivity index (χ1) is 25.6. The average molecular weight is 717 g/mol. The first kappa shape index (κ1) is 36.8. The van der Waals surface area contributed by atoms with Gasteiger partial charge >= 0.3 is 0 Å². The second kappa shape index (κ2) is 15.1. The van der Waals surface area contributed by atoms with Crippen LogP contribution in [0, 0.1) is 27.7 Å². The van der Waals surface area contributed by atoms with E-state index in [1.54, 1.807) is 0 Å². The summed E-state index contributed by atoms with van der Waals surface area (Å²) < 4.78 is 10.8. The lowest BCUT2D eigenvalue weighted by molar-refractivity contribution is 0.0183. The number of fused-ring (bicyclic) bond motifs is 2. The van der Waals surface area contributed by atoms with Gasteiger partial charge in [-0.15, -0.1) is 0 Å². The van der Waals surface area contributed by atoms with E-state index in [0.29, 0.717) is 11.8 Å². The number of allylic oxidation sites excluding steroid dienone is 2. The van der Waals surface area contributed by atoms with Gasteiger partial charge in [-0.1, -0.05) is 63.3 Å². The van der Waals surface area contributed by atoms with Crippen molar-refractivity contribution < 1.29 is 14.2 Å². The van der Waals surface area contributed by atoms with Crippen LogP contribution in [0.25, 0.3) is 49.9 Å². The topological polar surface area (TPSA) is 130 Å². The van der Waals surface area contributed by atoms with Gasteiger partial charge in [0, 0.05) is 34.1 Å². The van der Waals surface area contributed by atoms with Crippen LogP contribution in [-0.4, -0.2) is 35.4 Å². The van der Waals surface area contributed by atoms with Crippen LogP contribution < -0.4 is 0 Å². The normalized spacial score (nSPS) is 15.1. The molecule has 9 heteroatoms. The Morgan fingerprint density at radius 1 is 0.736 bits per heavy atom. The standard InChI is InChI=1S/C22H29N3O2.C22H27N3O/c1-5-9-22(26,10-6-2)17-11-16(19-13(3)25-27-14(19)4)12-18-20(17)24-21(23-18)15-7-8-15;1-5-7-15(8-6-2)18-11-17(20-13(3)25-26-14(20)4)12-19-21(18)24-22(23-19)16-9-10-16/h11-12,15,26H,5-10H2,1-4H3,(H,23,24);7,11-12,16H,5-6,8-10H2,1-4H3,(H,23,24)/b;15-7+. The lowest BCUT2D eigenvalue weighted by Crippen LogP contribution is -2.26. The highest BCUT2D eigenvalue weighted by molar-refractivity contribution is 5.94. The van der Waals surface area contributed by atoms with Gasteiger partial charge in [-0.05, 0) is 120 Å². The van der Waals surface area contributed by atoms with Crippen molar-refractivity contribution in [1.82, 2.24) is 30.2 Å². The van der Waals surface area contributed by atoms with E-state index in [0.717, 1.165) is 129 Å². The number of nitrogens with zero attached hydrogens (tertiary/aromatic N) is 4. The van der Waals surface area contributed by atoms with E-state index in [4.69, 9.17) is 19.0 Å². The van der Waals surface area contributed by atoms with E-state index in [2.05, 4.69) is 78.3 Å². The molecule has 2 fully saturated rings. The first-order valence-corrected chi connectivity index (χ1v) is 19.9. The second-order valence-electron chi connectivity index (χ2n) is 15.5. The lowest BCUT2D eigenvalue weighted by atomic mass is 9.83. The molecule has 9 nitrogen and oxygen atoms in total. The molecule has 0 saturated heterocycles. The zero-order chi connectivity index (χ0) is 37.4. The summed E-state index contributed by atoms with van der Waals surface area (Å²) in [6.45, 7) is 16.6. The molecule has 4 aromatic heterocycles. The highest BCUT2D eigenvalue weighted by atomic mass is 16.5. The summed E-state index contributed by atoms with van der Waals surface area (Å²) in [7, 11) is 0.